The SMILES string of the molecule is CC(N)=O.COC(=O)CCSSCC(NC(C)=O)C(=O)OC. The Hall–Kier alpha value is -1.42. The van der Waals surface area contributed by atoms with Gasteiger partial charge < -0.3 is 20.5 Å². The molecule has 8 nitrogen and oxygen atoms in total. The topological polar surface area (TPSA) is 125 Å². The van der Waals surface area contributed by atoms with Gasteiger partial charge >= 0.3 is 11.9 Å². The summed E-state index contributed by atoms with van der Waals surface area (Å²) in [5.74, 6) is -0.394. The predicted octanol–water partition coefficient (Wildman–Crippen LogP) is 0.100. The molecule has 0 aromatic heterocycles. The van der Waals surface area contributed by atoms with Crippen LogP contribution in [0.4, 0.5) is 0 Å². The molecule has 0 aromatic carbocycles. The summed E-state index contributed by atoms with van der Waals surface area (Å²) in [5, 5.41) is 2.50. The zero-order valence-electron chi connectivity index (χ0n) is 13.0. The van der Waals surface area contributed by atoms with E-state index >= 15 is 0 Å². The van der Waals surface area contributed by atoms with Crippen molar-refractivity contribution in [3.05, 3.63) is 0 Å². The first kappa shape index (κ1) is 22.9. The molecule has 128 valence electrons. The van der Waals surface area contributed by atoms with Crippen LogP contribution in [0, 0.1) is 0 Å². The van der Waals surface area contributed by atoms with E-state index in [-0.39, 0.29) is 17.8 Å². The summed E-state index contributed by atoms with van der Waals surface area (Å²) in [6.45, 7) is 2.64. The highest BCUT2D eigenvalue weighted by Crippen LogP contribution is 2.23. The molecule has 0 aromatic rings. The van der Waals surface area contributed by atoms with E-state index in [1.807, 2.05) is 0 Å². The molecule has 0 bridgehead atoms. The fourth-order valence-corrected chi connectivity index (χ4v) is 3.08. The first-order chi connectivity index (χ1) is 10.2. The molecule has 10 heteroatoms. The van der Waals surface area contributed by atoms with E-state index < -0.39 is 12.0 Å². The first-order valence-electron chi connectivity index (χ1n) is 6.16. The summed E-state index contributed by atoms with van der Waals surface area (Å²) in [6.07, 6.45) is 0.317. The summed E-state index contributed by atoms with van der Waals surface area (Å²) < 4.78 is 9.07. The number of nitrogens with one attached hydrogen (secondary N) is 1. The second-order valence-electron chi connectivity index (χ2n) is 3.82. The average Bonchev–Trinajstić information content (AvgIpc) is 2.43. The van der Waals surface area contributed by atoms with Gasteiger partial charge in [-0.1, -0.05) is 21.6 Å². The van der Waals surface area contributed by atoms with Gasteiger partial charge in [-0.05, 0) is 0 Å². The molecule has 22 heavy (non-hydrogen) atoms. The number of hydrogen-bond donors (Lipinski definition) is 2. The molecule has 1 atom stereocenters. The number of nitrogens with two attached hydrogens (primary N) is 1. The lowest BCUT2D eigenvalue weighted by Crippen LogP contribution is -2.42. The Morgan fingerprint density at radius 3 is 2.05 bits per heavy atom. The fourth-order valence-electron chi connectivity index (χ4n) is 0.958. The molecule has 3 N–H and O–H groups in total. The first-order valence-corrected chi connectivity index (χ1v) is 8.65. The smallest absolute Gasteiger partial charge is 0.329 e. The summed E-state index contributed by atoms with van der Waals surface area (Å²) in [4.78, 5) is 42.3. The van der Waals surface area contributed by atoms with Gasteiger partial charge in [0.1, 0.15) is 6.04 Å². The molecule has 0 rings (SSSR count). The Morgan fingerprint density at radius 2 is 1.64 bits per heavy atom. The zero-order valence-corrected chi connectivity index (χ0v) is 14.7. The molecule has 0 saturated heterocycles. The minimum Gasteiger partial charge on any atom is -0.469 e. The van der Waals surface area contributed by atoms with E-state index in [1.54, 1.807) is 0 Å². The van der Waals surface area contributed by atoms with Crippen LogP contribution in [0.25, 0.3) is 0 Å². The zero-order chi connectivity index (χ0) is 17.5. The Morgan fingerprint density at radius 1 is 1.09 bits per heavy atom. The lowest BCUT2D eigenvalue weighted by atomic mass is 10.3. The van der Waals surface area contributed by atoms with Crippen molar-refractivity contribution in [3.8, 4) is 0 Å². The quantitative estimate of drug-likeness (QED) is 0.357. The number of rotatable bonds is 8. The van der Waals surface area contributed by atoms with Crippen LogP contribution in [0.15, 0.2) is 0 Å². The minimum absolute atomic E-state index is 0.269. The standard InChI is InChI=1S/C10H17NO5S2.C2H5NO/c1-7(12)11-8(10(14)16-3)6-18-17-5-4-9(13)15-2;1-2(3)4/h8H,4-6H2,1-3H3,(H,11,12);1H3,(H2,3,4). The minimum atomic E-state index is -0.664. The third-order valence-electron chi connectivity index (χ3n) is 1.80. The number of ether oxygens (including phenoxy) is 2. The summed E-state index contributed by atoms with van der Waals surface area (Å²) >= 11 is 0. The molecule has 2 amide bonds. The highest BCUT2D eigenvalue weighted by molar-refractivity contribution is 8.76. The molecule has 1 unspecified atom stereocenters. The van der Waals surface area contributed by atoms with Gasteiger partial charge in [-0.15, -0.1) is 0 Å². The average molecular weight is 354 g/mol. The van der Waals surface area contributed by atoms with E-state index in [0.717, 1.165) is 0 Å². The van der Waals surface area contributed by atoms with E-state index in [4.69, 9.17) is 0 Å². The van der Waals surface area contributed by atoms with Gasteiger partial charge in [0.15, 0.2) is 0 Å². The normalized spacial score (nSPS) is 10.5. The number of amides is 2. The Kier molecular flexibility index (Phi) is 15.1. The molecule has 0 saturated carbocycles. The molecular formula is C12H22N2O6S2. The monoisotopic (exact) mass is 354 g/mol. The van der Waals surface area contributed by atoms with Crippen LogP contribution in [-0.4, -0.2) is 55.5 Å². The van der Waals surface area contributed by atoms with Crippen LogP contribution in [0.2, 0.25) is 0 Å². The van der Waals surface area contributed by atoms with Crippen molar-refractivity contribution in [1.82, 2.24) is 5.32 Å². The van der Waals surface area contributed by atoms with Crippen molar-refractivity contribution in [2.75, 3.05) is 25.7 Å². The number of primary amides is 1. The van der Waals surface area contributed by atoms with Gasteiger partial charge in [-0.25, -0.2) is 4.79 Å². The molecule has 0 spiro atoms. The van der Waals surface area contributed by atoms with Crippen LogP contribution >= 0.6 is 21.6 Å². The highest BCUT2D eigenvalue weighted by Gasteiger charge is 2.20. The van der Waals surface area contributed by atoms with Crippen LogP contribution in [0.5, 0.6) is 0 Å². The molecular weight excluding hydrogens is 332 g/mol. The second-order valence-corrected chi connectivity index (χ2v) is 6.45. The maximum Gasteiger partial charge on any atom is 0.329 e. The molecule has 0 aliphatic heterocycles. The van der Waals surface area contributed by atoms with Crippen molar-refractivity contribution >= 4 is 45.3 Å². The summed E-state index contributed by atoms with van der Waals surface area (Å²) in [6, 6.07) is -0.664. The van der Waals surface area contributed by atoms with E-state index in [9.17, 15) is 19.2 Å². The van der Waals surface area contributed by atoms with Gasteiger partial charge in [-0.2, -0.15) is 0 Å². The number of hydrogen-bond acceptors (Lipinski definition) is 8. The highest BCUT2D eigenvalue weighted by atomic mass is 33.1. The molecule has 0 fully saturated rings. The lowest BCUT2D eigenvalue weighted by Gasteiger charge is -2.14. The summed E-state index contributed by atoms with van der Waals surface area (Å²) in [5.41, 5.74) is 4.47. The number of carbonyl (C=O) groups excluding carboxylic acids is 4. The van der Waals surface area contributed by atoms with Crippen molar-refractivity contribution in [2.45, 2.75) is 26.3 Å². The maximum atomic E-state index is 11.3. The van der Waals surface area contributed by atoms with Gasteiger partial charge in [0, 0.05) is 25.4 Å². The third-order valence-corrected chi connectivity index (χ3v) is 4.21. The number of esters is 2. The molecule has 0 heterocycles. The van der Waals surface area contributed by atoms with Crippen molar-refractivity contribution in [3.63, 3.8) is 0 Å². The largest absolute Gasteiger partial charge is 0.469 e. The van der Waals surface area contributed by atoms with Crippen molar-refractivity contribution < 1.29 is 28.7 Å². The molecule has 0 aliphatic rings. The van der Waals surface area contributed by atoms with Gasteiger partial charge in [0.25, 0.3) is 0 Å². The van der Waals surface area contributed by atoms with E-state index in [1.165, 1.54) is 49.7 Å². The Balaban J connectivity index is 0. The third kappa shape index (κ3) is 16.6. The Bertz CT molecular complexity index is 375. The van der Waals surface area contributed by atoms with Crippen molar-refractivity contribution in [2.24, 2.45) is 5.73 Å². The second kappa shape index (κ2) is 14.5. The van der Waals surface area contributed by atoms with E-state index in [2.05, 4.69) is 20.5 Å². The van der Waals surface area contributed by atoms with Crippen LogP contribution in [-0.2, 0) is 28.7 Å². The van der Waals surface area contributed by atoms with Gasteiger partial charge in [0.05, 0.1) is 20.6 Å². The number of methoxy groups -OCH3 is 2. The molecule has 0 radical (unpaired) electrons. The Labute approximate surface area is 137 Å². The fraction of sp³-hybridized carbons (Fsp3) is 0.667. The lowest BCUT2D eigenvalue weighted by molar-refractivity contribution is -0.144. The van der Waals surface area contributed by atoms with Crippen molar-refractivity contribution in [1.29, 1.82) is 0 Å². The van der Waals surface area contributed by atoms with Crippen LogP contribution < -0.4 is 11.1 Å². The van der Waals surface area contributed by atoms with Crippen LogP contribution in [0.1, 0.15) is 20.3 Å². The van der Waals surface area contributed by atoms with Gasteiger partial charge in [-0.3, -0.25) is 14.4 Å². The predicted molar refractivity (Wildman–Crippen MR) is 86.0 cm³/mol. The maximum absolute atomic E-state index is 11.3. The van der Waals surface area contributed by atoms with Crippen LogP contribution in [0.3, 0.4) is 0 Å². The molecule has 0 aliphatic carbocycles. The van der Waals surface area contributed by atoms with E-state index in [0.29, 0.717) is 17.9 Å². The number of carbonyl (C=O) groups is 4. The van der Waals surface area contributed by atoms with Gasteiger partial charge in [0.2, 0.25) is 11.8 Å². The summed E-state index contributed by atoms with van der Waals surface area (Å²) in [7, 11) is 5.44.